The van der Waals surface area contributed by atoms with Gasteiger partial charge in [-0.05, 0) is 24.8 Å². The van der Waals surface area contributed by atoms with Crippen LogP contribution in [0.3, 0.4) is 0 Å². The molecule has 20 heavy (non-hydrogen) atoms. The maximum absolute atomic E-state index is 11.1. The molecular weight excluding hydrogens is 258 g/mol. The minimum Gasteiger partial charge on any atom is -0.384 e. The topological polar surface area (TPSA) is 88.5 Å². The maximum Gasteiger partial charge on any atom is 0.311 e. The van der Waals surface area contributed by atoms with Crippen molar-refractivity contribution in [2.45, 2.75) is 12.8 Å². The van der Waals surface area contributed by atoms with Crippen LogP contribution in [0, 0.1) is 16.0 Å². The Kier molecular flexibility index (Phi) is 3.43. The van der Waals surface area contributed by atoms with Gasteiger partial charge >= 0.3 is 5.69 Å². The minimum atomic E-state index is -0.391. The molecule has 2 fully saturated rings. The standard InChI is InChI=1S/C13H19N5O2/c14-12-4-3-11(18(19)20)13(15-12)17-7-5-16(6-8-17)9-10-1-2-10/h3-4,10H,1-2,5-9H2,(H2,14,15). The average molecular weight is 277 g/mol. The van der Waals surface area contributed by atoms with Crippen molar-refractivity contribution in [1.82, 2.24) is 9.88 Å². The van der Waals surface area contributed by atoms with Gasteiger partial charge in [0, 0.05) is 38.8 Å². The number of hydrogen-bond acceptors (Lipinski definition) is 6. The number of nitrogen functional groups attached to an aromatic ring is 1. The summed E-state index contributed by atoms with van der Waals surface area (Å²) < 4.78 is 0. The number of aromatic nitrogens is 1. The molecule has 1 saturated carbocycles. The summed E-state index contributed by atoms with van der Waals surface area (Å²) >= 11 is 0. The van der Waals surface area contributed by atoms with Crippen molar-refractivity contribution < 1.29 is 4.92 Å². The van der Waals surface area contributed by atoms with Gasteiger partial charge in [0.05, 0.1) is 4.92 Å². The van der Waals surface area contributed by atoms with Crippen molar-refractivity contribution in [3.63, 3.8) is 0 Å². The molecule has 0 spiro atoms. The lowest BCUT2D eigenvalue weighted by molar-refractivity contribution is -0.384. The third-order valence-corrected chi connectivity index (χ3v) is 3.96. The first-order valence-electron chi connectivity index (χ1n) is 7.01. The van der Waals surface area contributed by atoms with Gasteiger partial charge in [-0.3, -0.25) is 15.0 Å². The number of rotatable bonds is 4. The lowest BCUT2D eigenvalue weighted by atomic mass is 10.2. The van der Waals surface area contributed by atoms with Gasteiger partial charge < -0.3 is 10.6 Å². The highest BCUT2D eigenvalue weighted by molar-refractivity contribution is 5.61. The van der Waals surface area contributed by atoms with Crippen molar-refractivity contribution >= 4 is 17.3 Å². The zero-order valence-electron chi connectivity index (χ0n) is 11.4. The van der Waals surface area contributed by atoms with Crippen LogP contribution in [0.15, 0.2) is 12.1 Å². The molecule has 0 amide bonds. The van der Waals surface area contributed by atoms with Gasteiger partial charge in [-0.1, -0.05) is 0 Å². The SMILES string of the molecule is Nc1ccc([N+](=O)[O-])c(N2CCN(CC3CC3)CC2)n1. The number of nitro groups is 1. The number of anilines is 2. The van der Waals surface area contributed by atoms with Crippen LogP contribution in [0.4, 0.5) is 17.3 Å². The Morgan fingerprint density at radius 2 is 2.00 bits per heavy atom. The van der Waals surface area contributed by atoms with Gasteiger partial charge in [-0.25, -0.2) is 4.98 Å². The van der Waals surface area contributed by atoms with E-state index in [1.165, 1.54) is 31.5 Å². The molecular formula is C13H19N5O2. The third kappa shape index (κ3) is 2.82. The van der Waals surface area contributed by atoms with E-state index in [9.17, 15) is 10.1 Å². The highest BCUT2D eigenvalue weighted by Crippen LogP contribution is 2.31. The Hall–Kier alpha value is -1.89. The molecule has 1 aliphatic heterocycles. The summed E-state index contributed by atoms with van der Waals surface area (Å²) in [6, 6.07) is 2.92. The molecule has 0 unspecified atom stereocenters. The maximum atomic E-state index is 11.1. The zero-order valence-corrected chi connectivity index (χ0v) is 11.4. The van der Waals surface area contributed by atoms with E-state index in [-0.39, 0.29) is 5.69 Å². The smallest absolute Gasteiger partial charge is 0.311 e. The number of hydrogen-bond donors (Lipinski definition) is 1. The van der Waals surface area contributed by atoms with Crippen LogP contribution in [-0.2, 0) is 0 Å². The molecule has 1 aromatic rings. The molecule has 7 nitrogen and oxygen atoms in total. The van der Waals surface area contributed by atoms with Crippen molar-refractivity contribution in [2.24, 2.45) is 5.92 Å². The summed E-state index contributed by atoms with van der Waals surface area (Å²) in [5.41, 5.74) is 5.70. The van der Waals surface area contributed by atoms with E-state index in [1.807, 2.05) is 4.90 Å². The molecule has 1 aromatic heterocycles. The number of nitrogens with two attached hydrogens (primary N) is 1. The van der Waals surface area contributed by atoms with Crippen LogP contribution in [-0.4, -0.2) is 47.5 Å². The molecule has 0 aromatic carbocycles. The molecule has 2 N–H and O–H groups in total. The van der Waals surface area contributed by atoms with Crippen LogP contribution in [0.25, 0.3) is 0 Å². The number of piperazine rings is 1. The molecule has 0 atom stereocenters. The van der Waals surface area contributed by atoms with E-state index in [2.05, 4.69) is 9.88 Å². The Morgan fingerprint density at radius 3 is 2.60 bits per heavy atom. The van der Waals surface area contributed by atoms with Gasteiger partial charge in [-0.2, -0.15) is 0 Å². The Labute approximate surface area is 117 Å². The summed E-state index contributed by atoms with van der Waals surface area (Å²) in [6.07, 6.45) is 2.70. The molecule has 0 bridgehead atoms. The highest BCUT2D eigenvalue weighted by atomic mass is 16.6. The third-order valence-electron chi connectivity index (χ3n) is 3.96. The predicted octanol–water partition coefficient (Wildman–Crippen LogP) is 1.10. The summed E-state index contributed by atoms with van der Waals surface area (Å²) in [5, 5.41) is 11.1. The van der Waals surface area contributed by atoms with Gasteiger partial charge in [0.2, 0.25) is 5.82 Å². The number of nitrogens with zero attached hydrogens (tertiary/aromatic N) is 4. The fourth-order valence-electron chi connectivity index (χ4n) is 2.64. The summed E-state index contributed by atoms with van der Waals surface area (Å²) in [7, 11) is 0. The van der Waals surface area contributed by atoms with E-state index in [0.717, 1.165) is 32.1 Å². The van der Waals surface area contributed by atoms with Crippen LogP contribution in [0.1, 0.15) is 12.8 Å². The molecule has 1 saturated heterocycles. The van der Waals surface area contributed by atoms with E-state index in [1.54, 1.807) is 0 Å². The molecule has 3 rings (SSSR count). The normalized spacial score (nSPS) is 20.1. The lowest BCUT2D eigenvalue weighted by Crippen LogP contribution is -2.47. The largest absolute Gasteiger partial charge is 0.384 e. The van der Waals surface area contributed by atoms with E-state index in [4.69, 9.17) is 5.73 Å². The number of pyridine rings is 1. The summed E-state index contributed by atoms with van der Waals surface area (Å²) in [4.78, 5) is 19.3. The second-order valence-electron chi connectivity index (χ2n) is 5.57. The molecule has 2 heterocycles. The van der Waals surface area contributed by atoms with E-state index in [0.29, 0.717) is 11.6 Å². The van der Waals surface area contributed by atoms with Crippen LogP contribution >= 0.6 is 0 Å². The molecule has 1 aliphatic carbocycles. The van der Waals surface area contributed by atoms with Gasteiger partial charge in [0.1, 0.15) is 5.82 Å². The highest BCUT2D eigenvalue weighted by Gasteiger charge is 2.29. The Balaban J connectivity index is 1.70. The molecule has 2 aliphatic rings. The van der Waals surface area contributed by atoms with E-state index < -0.39 is 4.92 Å². The van der Waals surface area contributed by atoms with Gasteiger partial charge in [0.25, 0.3) is 0 Å². The predicted molar refractivity (Wildman–Crippen MR) is 76.7 cm³/mol. The summed E-state index contributed by atoms with van der Waals surface area (Å²) in [6.45, 7) is 4.57. The monoisotopic (exact) mass is 277 g/mol. The summed E-state index contributed by atoms with van der Waals surface area (Å²) in [5.74, 6) is 1.61. The fraction of sp³-hybridized carbons (Fsp3) is 0.615. The quantitative estimate of drug-likeness (QED) is 0.655. The Morgan fingerprint density at radius 1 is 1.30 bits per heavy atom. The Bertz CT molecular complexity index is 509. The first-order chi connectivity index (χ1) is 9.63. The average Bonchev–Trinajstić information content (AvgIpc) is 3.23. The fourth-order valence-corrected chi connectivity index (χ4v) is 2.64. The molecule has 7 heteroatoms. The van der Waals surface area contributed by atoms with Crippen molar-refractivity contribution in [3.05, 3.63) is 22.2 Å². The van der Waals surface area contributed by atoms with Crippen molar-refractivity contribution in [2.75, 3.05) is 43.4 Å². The minimum absolute atomic E-state index is 0.0369. The zero-order chi connectivity index (χ0) is 14.1. The molecule has 108 valence electrons. The van der Waals surface area contributed by atoms with Gasteiger partial charge in [-0.15, -0.1) is 0 Å². The van der Waals surface area contributed by atoms with Crippen LogP contribution in [0.5, 0.6) is 0 Å². The lowest BCUT2D eigenvalue weighted by Gasteiger charge is -2.35. The van der Waals surface area contributed by atoms with Crippen molar-refractivity contribution in [3.8, 4) is 0 Å². The van der Waals surface area contributed by atoms with Gasteiger partial charge in [0.15, 0.2) is 0 Å². The first-order valence-corrected chi connectivity index (χ1v) is 7.01. The second kappa shape index (κ2) is 5.24. The van der Waals surface area contributed by atoms with Crippen molar-refractivity contribution in [1.29, 1.82) is 0 Å². The first kappa shape index (κ1) is 13.1. The van der Waals surface area contributed by atoms with E-state index >= 15 is 0 Å². The molecule has 0 radical (unpaired) electrons. The van der Waals surface area contributed by atoms with Crippen LogP contribution < -0.4 is 10.6 Å². The van der Waals surface area contributed by atoms with Crippen LogP contribution in [0.2, 0.25) is 0 Å². The second-order valence-corrected chi connectivity index (χ2v) is 5.57.